The standard InChI is InChI=1S/C10H17NO2/c1-5-13-9(12)8(7-11)6-10(2,3)4/h8H,5-6H2,1-4H3. The summed E-state index contributed by atoms with van der Waals surface area (Å²) in [6, 6.07) is 1.97. The van der Waals surface area contributed by atoms with E-state index in [9.17, 15) is 4.79 Å². The van der Waals surface area contributed by atoms with Gasteiger partial charge in [0, 0.05) is 0 Å². The Bertz CT molecular complexity index is 210. The van der Waals surface area contributed by atoms with Crippen LogP contribution in [-0.4, -0.2) is 12.6 Å². The van der Waals surface area contributed by atoms with Gasteiger partial charge in [0.05, 0.1) is 12.7 Å². The zero-order valence-corrected chi connectivity index (χ0v) is 8.76. The molecule has 0 aliphatic carbocycles. The smallest absolute Gasteiger partial charge is 0.323 e. The van der Waals surface area contributed by atoms with E-state index in [1.54, 1.807) is 6.92 Å². The molecular formula is C10H17NO2. The van der Waals surface area contributed by atoms with E-state index in [1.165, 1.54) is 0 Å². The fraction of sp³-hybridized carbons (Fsp3) is 0.800. The second-order valence-electron chi connectivity index (χ2n) is 4.20. The third-order valence-corrected chi connectivity index (χ3v) is 1.54. The molecule has 1 atom stereocenters. The highest BCUT2D eigenvalue weighted by Crippen LogP contribution is 2.24. The van der Waals surface area contributed by atoms with E-state index in [2.05, 4.69) is 0 Å². The van der Waals surface area contributed by atoms with E-state index >= 15 is 0 Å². The third-order valence-electron chi connectivity index (χ3n) is 1.54. The molecule has 0 heterocycles. The van der Waals surface area contributed by atoms with Gasteiger partial charge in [-0.3, -0.25) is 4.79 Å². The van der Waals surface area contributed by atoms with Crippen LogP contribution in [0, 0.1) is 22.7 Å². The molecule has 74 valence electrons. The zero-order chi connectivity index (χ0) is 10.5. The van der Waals surface area contributed by atoms with Crippen molar-refractivity contribution in [3.8, 4) is 6.07 Å². The Morgan fingerprint density at radius 2 is 2.08 bits per heavy atom. The van der Waals surface area contributed by atoms with Crippen LogP contribution in [-0.2, 0) is 9.53 Å². The maximum Gasteiger partial charge on any atom is 0.323 e. The molecule has 0 aromatic heterocycles. The van der Waals surface area contributed by atoms with Gasteiger partial charge in [0.2, 0.25) is 0 Å². The topological polar surface area (TPSA) is 50.1 Å². The molecule has 0 saturated carbocycles. The first-order chi connectivity index (χ1) is 5.90. The summed E-state index contributed by atoms with van der Waals surface area (Å²) >= 11 is 0. The molecule has 0 aliphatic rings. The van der Waals surface area contributed by atoms with Crippen molar-refractivity contribution in [3.63, 3.8) is 0 Å². The fourth-order valence-corrected chi connectivity index (χ4v) is 1.04. The van der Waals surface area contributed by atoms with Gasteiger partial charge in [-0.05, 0) is 18.8 Å². The van der Waals surface area contributed by atoms with Crippen LogP contribution in [0.1, 0.15) is 34.1 Å². The molecule has 0 bridgehead atoms. The van der Waals surface area contributed by atoms with Gasteiger partial charge < -0.3 is 4.74 Å². The van der Waals surface area contributed by atoms with E-state index in [0.717, 1.165) is 0 Å². The Hall–Kier alpha value is -1.04. The van der Waals surface area contributed by atoms with Crippen LogP contribution < -0.4 is 0 Å². The summed E-state index contributed by atoms with van der Waals surface area (Å²) in [5, 5.41) is 8.74. The van der Waals surface area contributed by atoms with Crippen molar-refractivity contribution in [1.29, 1.82) is 5.26 Å². The van der Waals surface area contributed by atoms with Crippen LogP contribution >= 0.6 is 0 Å². The lowest BCUT2D eigenvalue weighted by atomic mass is 9.85. The number of carbonyl (C=O) groups is 1. The molecule has 0 rings (SSSR count). The quantitative estimate of drug-likeness (QED) is 0.630. The lowest BCUT2D eigenvalue weighted by Gasteiger charge is -2.20. The first-order valence-corrected chi connectivity index (χ1v) is 4.47. The molecule has 0 amide bonds. The van der Waals surface area contributed by atoms with Gasteiger partial charge in [0.25, 0.3) is 0 Å². The monoisotopic (exact) mass is 183 g/mol. The Morgan fingerprint density at radius 3 is 2.38 bits per heavy atom. The zero-order valence-electron chi connectivity index (χ0n) is 8.76. The number of hydrogen-bond donors (Lipinski definition) is 0. The predicted molar refractivity (Wildman–Crippen MR) is 49.8 cm³/mol. The predicted octanol–water partition coefficient (Wildman–Crippen LogP) is 2.13. The van der Waals surface area contributed by atoms with Gasteiger partial charge >= 0.3 is 5.97 Å². The van der Waals surface area contributed by atoms with E-state index in [-0.39, 0.29) is 5.41 Å². The normalized spacial score (nSPS) is 13.2. The molecule has 0 aromatic rings. The molecule has 0 aromatic carbocycles. The van der Waals surface area contributed by atoms with Crippen LogP contribution in [0.5, 0.6) is 0 Å². The first kappa shape index (κ1) is 12.0. The average Bonchev–Trinajstić information content (AvgIpc) is 1.99. The maximum absolute atomic E-state index is 11.2. The van der Waals surface area contributed by atoms with Gasteiger partial charge in [0.1, 0.15) is 5.92 Å². The van der Waals surface area contributed by atoms with E-state index in [1.807, 2.05) is 26.8 Å². The molecule has 1 unspecified atom stereocenters. The molecule has 0 spiro atoms. The van der Waals surface area contributed by atoms with Crippen LogP contribution in [0.25, 0.3) is 0 Å². The van der Waals surface area contributed by atoms with Crippen molar-refractivity contribution in [1.82, 2.24) is 0 Å². The molecular weight excluding hydrogens is 166 g/mol. The number of ether oxygens (including phenoxy) is 1. The second-order valence-corrected chi connectivity index (χ2v) is 4.20. The Morgan fingerprint density at radius 1 is 1.54 bits per heavy atom. The van der Waals surface area contributed by atoms with Crippen molar-refractivity contribution in [3.05, 3.63) is 0 Å². The summed E-state index contributed by atoms with van der Waals surface area (Å²) < 4.78 is 4.78. The van der Waals surface area contributed by atoms with E-state index < -0.39 is 11.9 Å². The van der Waals surface area contributed by atoms with Crippen molar-refractivity contribution < 1.29 is 9.53 Å². The molecule has 0 aliphatic heterocycles. The summed E-state index contributed by atoms with van der Waals surface area (Å²) in [4.78, 5) is 11.2. The average molecular weight is 183 g/mol. The van der Waals surface area contributed by atoms with Gasteiger partial charge in [-0.2, -0.15) is 5.26 Å². The lowest BCUT2D eigenvalue weighted by molar-refractivity contribution is -0.146. The van der Waals surface area contributed by atoms with Crippen molar-refractivity contribution in [2.24, 2.45) is 11.3 Å². The van der Waals surface area contributed by atoms with Crippen LogP contribution in [0.4, 0.5) is 0 Å². The first-order valence-electron chi connectivity index (χ1n) is 4.47. The summed E-state index contributed by atoms with van der Waals surface area (Å²) in [6.45, 7) is 8.06. The minimum atomic E-state index is -0.625. The fourth-order valence-electron chi connectivity index (χ4n) is 1.04. The molecule has 0 radical (unpaired) electrons. The highest BCUT2D eigenvalue weighted by Gasteiger charge is 2.25. The number of hydrogen-bond acceptors (Lipinski definition) is 3. The summed E-state index contributed by atoms with van der Waals surface area (Å²) in [6.07, 6.45) is 0.544. The number of rotatable bonds is 3. The van der Waals surface area contributed by atoms with Gasteiger partial charge in [0.15, 0.2) is 0 Å². The summed E-state index contributed by atoms with van der Waals surface area (Å²) in [7, 11) is 0. The SMILES string of the molecule is CCOC(=O)C(C#N)CC(C)(C)C. The number of esters is 1. The minimum Gasteiger partial charge on any atom is -0.465 e. The van der Waals surface area contributed by atoms with Gasteiger partial charge in [-0.25, -0.2) is 0 Å². The van der Waals surface area contributed by atoms with E-state index in [0.29, 0.717) is 13.0 Å². The number of nitriles is 1. The maximum atomic E-state index is 11.2. The Balaban J connectivity index is 4.21. The molecule has 3 heteroatoms. The third kappa shape index (κ3) is 5.24. The molecule has 0 saturated heterocycles. The summed E-state index contributed by atoms with van der Waals surface area (Å²) in [5.74, 6) is -1.03. The molecule has 0 N–H and O–H groups in total. The number of nitrogens with zero attached hydrogens (tertiary/aromatic N) is 1. The largest absolute Gasteiger partial charge is 0.465 e. The number of carbonyl (C=O) groups excluding carboxylic acids is 1. The second kappa shape index (κ2) is 4.86. The van der Waals surface area contributed by atoms with Crippen molar-refractivity contribution in [2.75, 3.05) is 6.61 Å². The highest BCUT2D eigenvalue weighted by molar-refractivity contribution is 5.75. The van der Waals surface area contributed by atoms with Crippen LogP contribution in [0.2, 0.25) is 0 Å². The van der Waals surface area contributed by atoms with Crippen molar-refractivity contribution >= 4 is 5.97 Å². The van der Waals surface area contributed by atoms with Gasteiger partial charge in [-0.1, -0.05) is 20.8 Å². The van der Waals surface area contributed by atoms with Crippen LogP contribution in [0.3, 0.4) is 0 Å². The molecule has 3 nitrogen and oxygen atoms in total. The van der Waals surface area contributed by atoms with E-state index in [4.69, 9.17) is 10.00 Å². The highest BCUT2D eigenvalue weighted by atomic mass is 16.5. The van der Waals surface area contributed by atoms with Crippen molar-refractivity contribution in [2.45, 2.75) is 34.1 Å². The molecule has 13 heavy (non-hydrogen) atoms. The Labute approximate surface area is 79.7 Å². The minimum absolute atomic E-state index is 0.0207. The Kier molecular flexibility index (Phi) is 4.47. The molecule has 0 fully saturated rings. The van der Waals surface area contributed by atoms with Gasteiger partial charge in [-0.15, -0.1) is 0 Å². The van der Waals surface area contributed by atoms with Crippen LogP contribution in [0.15, 0.2) is 0 Å². The summed E-state index contributed by atoms with van der Waals surface area (Å²) in [5.41, 5.74) is -0.0207. The lowest BCUT2D eigenvalue weighted by Crippen LogP contribution is -2.21.